The van der Waals surface area contributed by atoms with Crippen LogP contribution in [0.1, 0.15) is 19.8 Å². The Morgan fingerprint density at radius 3 is 2.69 bits per heavy atom. The van der Waals surface area contributed by atoms with Crippen molar-refractivity contribution in [2.75, 3.05) is 18.8 Å². The highest BCUT2D eigenvalue weighted by atomic mass is 32.2. The van der Waals surface area contributed by atoms with Crippen molar-refractivity contribution in [3.05, 3.63) is 30.3 Å². The Balaban J connectivity index is 1.93. The number of hydrogen-bond donors (Lipinski definition) is 2. The Bertz CT molecular complexity index is 264. The van der Waals surface area contributed by atoms with Gasteiger partial charge in [0.2, 0.25) is 0 Å². The van der Waals surface area contributed by atoms with Crippen LogP contribution in [0.25, 0.3) is 0 Å². The fraction of sp³-hybridized carbons (Fsp3) is 0.538. The van der Waals surface area contributed by atoms with E-state index in [0.717, 1.165) is 31.7 Å². The third kappa shape index (κ3) is 6.88. The first kappa shape index (κ1) is 13.6. The lowest BCUT2D eigenvalue weighted by molar-refractivity contribution is 0.181. The van der Waals surface area contributed by atoms with Crippen LogP contribution < -0.4 is 5.32 Å². The second-order valence-corrected chi connectivity index (χ2v) is 5.07. The van der Waals surface area contributed by atoms with E-state index in [1.54, 1.807) is 0 Å². The lowest BCUT2D eigenvalue weighted by Crippen LogP contribution is -2.19. The second-order valence-electron chi connectivity index (χ2n) is 3.90. The molecule has 16 heavy (non-hydrogen) atoms. The molecule has 0 aromatic heterocycles. The third-order valence-corrected chi connectivity index (χ3v) is 3.28. The smallest absolute Gasteiger partial charge is 0.0512 e. The number of aliphatic hydroxyl groups is 1. The third-order valence-electron chi connectivity index (χ3n) is 2.27. The van der Waals surface area contributed by atoms with Crippen LogP contribution in [-0.2, 0) is 0 Å². The van der Waals surface area contributed by atoms with Crippen molar-refractivity contribution in [3.8, 4) is 0 Å². The highest BCUT2D eigenvalue weighted by molar-refractivity contribution is 7.99. The number of nitrogens with one attached hydrogen (secondary N) is 1. The van der Waals surface area contributed by atoms with Gasteiger partial charge in [0.1, 0.15) is 0 Å². The van der Waals surface area contributed by atoms with Crippen LogP contribution in [0.3, 0.4) is 0 Å². The van der Waals surface area contributed by atoms with Gasteiger partial charge in [0.15, 0.2) is 0 Å². The Hall–Kier alpha value is -0.510. The Kier molecular flexibility index (Phi) is 7.30. The summed E-state index contributed by atoms with van der Waals surface area (Å²) in [5, 5.41) is 12.5. The van der Waals surface area contributed by atoms with Crippen molar-refractivity contribution in [2.24, 2.45) is 0 Å². The fourth-order valence-corrected chi connectivity index (χ4v) is 2.24. The van der Waals surface area contributed by atoms with Gasteiger partial charge in [-0.3, -0.25) is 0 Å². The summed E-state index contributed by atoms with van der Waals surface area (Å²) in [4.78, 5) is 1.33. The molecule has 0 amide bonds. The van der Waals surface area contributed by atoms with E-state index in [0.29, 0.717) is 0 Å². The highest BCUT2D eigenvalue weighted by Gasteiger charge is 1.95. The molecule has 0 aliphatic heterocycles. The van der Waals surface area contributed by atoms with E-state index in [9.17, 15) is 0 Å². The lowest BCUT2D eigenvalue weighted by Gasteiger charge is -2.06. The SMILES string of the molecule is CC(O)CCCNCCSc1ccccc1. The van der Waals surface area contributed by atoms with Gasteiger partial charge in [0.25, 0.3) is 0 Å². The van der Waals surface area contributed by atoms with Crippen molar-refractivity contribution in [1.29, 1.82) is 0 Å². The quantitative estimate of drug-likeness (QED) is 0.540. The zero-order chi connectivity index (χ0) is 11.6. The first-order chi connectivity index (χ1) is 7.79. The van der Waals surface area contributed by atoms with Crippen molar-refractivity contribution >= 4 is 11.8 Å². The van der Waals surface area contributed by atoms with Crippen LogP contribution >= 0.6 is 11.8 Å². The van der Waals surface area contributed by atoms with Crippen molar-refractivity contribution in [1.82, 2.24) is 5.32 Å². The summed E-state index contributed by atoms with van der Waals surface area (Å²) in [6.07, 6.45) is 1.77. The molecular weight excluding hydrogens is 218 g/mol. The predicted octanol–water partition coefficient (Wildman–Crippen LogP) is 2.53. The molecule has 0 aliphatic carbocycles. The summed E-state index contributed by atoms with van der Waals surface area (Å²) in [6.45, 7) is 3.87. The summed E-state index contributed by atoms with van der Waals surface area (Å²) in [7, 11) is 0. The molecule has 0 radical (unpaired) electrons. The van der Waals surface area contributed by atoms with E-state index in [1.165, 1.54) is 4.90 Å². The zero-order valence-corrected chi connectivity index (χ0v) is 10.7. The molecule has 2 N–H and O–H groups in total. The standard InChI is InChI=1S/C13H21NOS/c1-12(15)6-5-9-14-10-11-16-13-7-3-2-4-8-13/h2-4,7-8,12,14-15H,5-6,9-11H2,1H3. The summed E-state index contributed by atoms with van der Waals surface area (Å²) >= 11 is 1.87. The summed E-state index contributed by atoms with van der Waals surface area (Å²) < 4.78 is 0. The molecule has 0 saturated carbocycles. The van der Waals surface area contributed by atoms with Crippen LogP contribution in [0.2, 0.25) is 0 Å². The zero-order valence-electron chi connectivity index (χ0n) is 9.86. The monoisotopic (exact) mass is 239 g/mol. The van der Waals surface area contributed by atoms with Crippen LogP contribution in [0.4, 0.5) is 0 Å². The first-order valence-electron chi connectivity index (χ1n) is 5.85. The normalized spacial score (nSPS) is 12.6. The molecule has 0 spiro atoms. The van der Waals surface area contributed by atoms with Crippen LogP contribution in [-0.4, -0.2) is 30.1 Å². The molecule has 2 nitrogen and oxygen atoms in total. The van der Waals surface area contributed by atoms with Gasteiger partial charge in [0, 0.05) is 17.2 Å². The number of rotatable bonds is 8. The van der Waals surface area contributed by atoms with Crippen molar-refractivity contribution < 1.29 is 5.11 Å². The topological polar surface area (TPSA) is 32.3 Å². The average molecular weight is 239 g/mol. The van der Waals surface area contributed by atoms with Gasteiger partial charge in [-0.25, -0.2) is 0 Å². The molecule has 1 atom stereocenters. The number of aliphatic hydroxyl groups excluding tert-OH is 1. The minimum absolute atomic E-state index is 0.166. The van der Waals surface area contributed by atoms with Gasteiger partial charge in [-0.15, -0.1) is 11.8 Å². The molecule has 3 heteroatoms. The Morgan fingerprint density at radius 1 is 1.25 bits per heavy atom. The Labute approximate surface area is 102 Å². The van der Waals surface area contributed by atoms with E-state index in [1.807, 2.05) is 24.8 Å². The molecule has 1 rings (SSSR count). The molecule has 0 saturated heterocycles. The maximum Gasteiger partial charge on any atom is 0.0512 e. The van der Waals surface area contributed by atoms with E-state index >= 15 is 0 Å². The maximum atomic E-state index is 9.07. The molecular formula is C13H21NOS. The van der Waals surface area contributed by atoms with Crippen molar-refractivity contribution in [3.63, 3.8) is 0 Å². The van der Waals surface area contributed by atoms with Gasteiger partial charge in [-0.05, 0) is 38.4 Å². The number of hydrogen-bond acceptors (Lipinski definition) is 3. The highest BCUT2D eigenvalue weighted by Crippen LogP contribution is 2.15. The summed E-state index contributed by atoms with van der Waals surface area (Å²) in [6, 6.07) is 10.4. The minimum Gasteiger partial charge on any atom is -0.393 e. The molecule has 1 unspecified atom stereocenters. The first-order valence-corrected chi connectivity index (χ1v) is 6.84. The van der Waals surface area contributed by atoms with E-state index in [4.69, 9.17) is 5.11 Å². The Morgan fingerprint density at radius 2 is 2.00 bits per heavy atom. The average Bonchev–Trinajstić information content (AvgIpc) is 2.29. The predicted molar refractivity (Wildman–Crippen MR) is 71.0 cm³/mol. The second kappa shape index (κ2) is 8.62. The minimum atomic E-state index is -0.166. The van der Waals surface area contributed by atoms with Gasteiger partial charge >= 0.3 is 0 Å². The molecule has 90 valence electrons. The van der Waals surface area contributed by atoms with Gasteiger partial charge in [-0.2, -0.15) is 0 Å². The molecule has 0 heterocycles. The summed E-state index contributed by atoms with van der Waals surface area (Å²) in [5.41, 5.74) is 0. The largest absolute Gasteiger partial charge is 0.393 e. The van der Waals surface area contributed by atoms with Gasteiger partial charge in [-0.1, -0.05) is 18.2 Å². The number of benzene rings is 1. The van der Waals surface area contributed by atoms with Crippen LogP contribution in [0.15, 0.2) is 35.2 Å². The lowest BCUT2D eigenvalue weighted by atomic mass is 10.2. The maximum absolute atomic E-state index is 9.07. The van der Waals surface area contributed by atoms with Crippen LogP contribution in [0.5, 0.6) is 0 Å². The molecule has 0 fully saturated rings. The van der Waals surface area contributed by atoms with E-state index in [-0.39, 0.29) is 6.10 Å². The fourth-order valence-electron chi connectivity index (χ4n) is 1.41. The van der Waals surface area contributed by atoms with E-state index in [2.05, 4.69) is 29.6 Å². The van der Waals surface area contributed by atoms with Gasteiger partial charge in [0.05, 0.1) is 6.10 Å². The summed E-state index contributed by atoms with van der Waals surface area (Å²) in [5.74, 6) is 1.10. The van der Waals surface area contributed by atoms with Crippen molar-refractivity contribution in [2.45, 2.75) is 30.8 Å². The molecule has 0 aliphatic rings. The molecule has 0 bridgehead atoms. The molecule has 1 aromatic carbocycles. The van der Waals surface area contributed by atoms with Gasteiger partial charge < -0.3 is 10.4 Å². The van der Waals surface area contributed by atoms with E-state index < -0.39 is 0 Å². The van der Waals surface area contributed by atoms with Crippen LogP contribution in [0, 0.1) is 0 Å². The molecule has 1 aromatic rings. The number of thioether (sulfide) groups is 1.